The number of rotatable bonds is 0. The van der Waals surface area contributed by atoms with Crippen LogP contribution in [0.4, 0.5) is 0 Å². The second-order valence-electron chi connectivity index (χ2n) is 2.06. The van der Waals surface area contributed by atoms with Crippen molar-refractivity contribution < 1.29 is 10.3 Å². The van der Waals surface area contributed by atoms with Crippen molar-refractivity contribution in [1.82, 2.24) is 4.98 Å². The summed E-state index contributed by atoms with van der Waals surface area (Å²) in [5, 5.41) is 13.6. The first kappa shape index (κ1) is 9.40. The van der Waals surface area contributed by atoms with E-state index in [-0.39, 0.29) is 0 Å². The number of thiazole rings is 1. The molecule has 68 valence electrons. The normalized spacial score (nSPS) is 8.92. The lowest BCUT2D eigenvalue weighted by Crippen LogP contribution is -1.81. The Bertz CT molecular complexity index is 367. The molecule has 1 heterocycles. The van der Waals surface area contributed by atoms with Crippen LogP contribution >= 0.6 is 11.3 Å². The molecule has 2 rings (SSSR count). The maximum absolute atomic E-state index is 8.36. The van der Waals surface area contributed by atoms with Crippen LogP contribution in [-0.2, 0) is 0 Å². The number of aromatic nitrogens is 1. The van der Waals surface area contributed by atoms with Gasteiger partial charge in [0.15, 0.2) is 0 Å². The number of para-hydroxylation sites is 1. The van der Waals surface area contributed by atoms with Crippen molar-refractivity contribution in [1.29, 1.82) is 0 Å². The molecule has 0 amide bonds. The van der Waals surface area contributed by atoms with Crippen LogP contribution < -0.4 is 0 Å². The first-order valence-corrected chi connectivity index (χ1v) is 4.19. The molecule has 1 aromatic heterocycles. The fraction of sp³-hybridized carbons (Fsp3) is 0. The van der Waals surface area contributed by atoms with Crippen LogP contribution in [0.25, 0.3) is 10.2 Å². The van der Waals surface area contributed by atoms with E-state index in [0.29, 0.717) is 0 Å². The Hall–Kier alpha value is -1.69. The van der Waals surface area contributed by atoms with Gasteiger partial charge in [0.05, 0.1) is 15.7 Å². The molecule has 0 saturated heterocycles. The molecular formula is C7H6N2O3S. The topological polar surface area (TPSA) is 76.3 Å². The molecule has 0 atom stereocenters. The molecule has 0 aliphatic heterocycles. The number of hydrogen-bond acceptors (Lipinski definition) is 4. The molecule has 0 spiro atoms. The van der Waals surface area contributed by atoms with Crippen molar-refractivity contribution in [2.24, 2.45) is 0 Å². The van der Waals surface area contributed by atoms with Crippen LogP contribution in [0.3, 0.4) is 0 Å². The average molecular weight is 198 g/mol. The Kier molecular flexibility index (Phi) is 3.15. The van der Waals surface area contributed by atoms with Crippen molar-refractivity contribution in [3.63, 3.8) is 0 Å². The highest BCUT2D eigenvalue weighted by Crippen LogP contribution is 2.15. The van der Waals surface area contributed by atoms with Crippen LogP contribution in [0.2, 0.25) is 0 Å². The van der Waals surface area contributed by atoms with Crippen molar-refractivity contribution in [3.8, 4) is 0 Å². The minimum absolute atomic E-state index is 1.10. The molecule has 0 saturated carbocycles. The minimum Gasteiger partial charge on any atom is -0.328 e. The monoisotopic (exact) mass is 198 g/mol. The van der Waals surface area contributed by atoms with E-state index >= 15 is 0 Å². The standard InChI is InChI=1S/C7H5NS.HNO3/c1-2-4-7-6(3-1)8-5-9-7;2-1(3)4/h1-5H;(H,2,3,4). The Labute approximate surface area is 77.4 Å². The summed E-state index contributed by atoms with van der Waals surface area (Å²) in [7, 11) is 0. The smallest absolute Gasteiger partial charge is 0.291 e. The third-order valence-corrected chi connectivity index (χ3v) is 2.05. The van der Waals surface area contributed by atoms with Crippen LogP contribution in [0.1, 0.15) is 0 Å². The van der Waals surface area contributed by atoms with Crippen molar-refractivity contribution in [2.45, 2.75) is 0 Å². The molecule has 0 aliphatic carbocycles. The lowest BCUT2D eigenvalue weighted by molar-refractivity contribution is -0.742. The summed E-state index contributed by atoms with van der Waals surface area (Å²) in [4.78, 5) is 12.5. The SMILES string of the molecule is O=[N+]([O-])O.c1ccc2scnc2c1. The van der Waals surface area contributed by atoms with Crippen LogP contribution in [-0.4, -0.2) is 15.3 Å². The van der Waals surface area contributed by atoms with Gasteiger partial charge in [-0.3, -0.25) is 0 Å². The van der Waals surface area contributed by atoms with Crippen molar-refractivity contribution in [3.05, 3.63) is 39.9 Å². The molecule has 0 unspecified atom stereocenters. The van der Waals surface area contributed by atoms with E-state index in [1.54, 1.807) is 11.3 Å². The largest absolute Gasteiger partial charge is 0.328 e. The van der Waals surface area contributed by atoms with E-state index in [9.17, 15) is 0 Å². The third kappa shape index (κ3) is 3.04. The maximum atomic E-state index is 8.36. The molecular weight excluding hydrogens is 192 g/mol. The summed E-state index contributed by atoms with van der Waals surface area (Å²) in [5.41, 5.74) is 2.97. The Balaban J connectivity index is 0.000000184. The van der Waals surface area contributed by atoms with Crippen LogP contribution in [0.15, 0.2) is 29.8 Å². The van der Waals surface area contributed by atoms with Gasteiger partial charge in [0, 0.05) is 0 Å². The molecule has 2 aromatic rings. The van der Waals surface area contributed by atoms with Crippen LogP contribution in [0, 0.1) is 10.1 Å². The molecule has 0 fully saturated rings. The highest BCUT2D eigenvalue weighted by molar-refractivity contribution is 7.16. The van der Waals surface area contributed by atoms with Gasteiger partial charge >= 0.3 is 0 Å². The molecule has 0 aliphatic rings. The average Bonchev–Trinajstić information content (AvgIpc) is 2.49. The van der Waals surface area contributed by atoms with Gasteiger partial charge in [0.25, 0.3) is 5.09 Å². The van der Waals surface area contributed by atoms with Gasteiger partial charge in [-0.25, -0.2) is 4.98 Å². The number of nitrogens with zero attached hydrogens (tertiary/aromatic N) is 2. The Morgan fingerprint density at radius 1 is 1.46 bits per heavy atom. The Morgan fingerprint density at radius 3 is 2.69 bits per heavy atom. The highest BCUT2D eigenvalue weighted by Gasteiger charge is 1.89. The molecule has 0 bridgehead atoms. The zero-order chi connectivity index (χ0) is 9.68. The van der Waals surface area contributed by atoms with Gasteiger partial charge in [0.2, 0.25) is 0 Å². The number of benzene rings is 1. The second kappa shape index (κ2) is 4.36. The van der Waals surface area contributed by atoms with Crippen LogP contribution in [0.5, 0.6) is 0 Å². The predicted molar refractivity (Wildman–Crippen MR) is 48.4 cm³/mol. The van der Waals surface area contributed by atoms with Gasteiger partial charge in [0.1, 0.15) is 0 Å². The zero-order valence-corrected chi connectivity index (χ0v) is 7.27. The predicted octanol–water partition coefficient (Wildman–Crippen LogP) is 1.95. The summed E-state index contributed by atoms with van der Waals surface area (Å²) in [6.45, 7) is 0. The van der Waals surface area contributed by atoms with Crippen molar-refractivity contribution in [2.75, 3.05) is 0 Å². The molecule has 0 radical (unpaired) electrons. The molecule has 6 heteroatoms. The lowest BCUT2D eigenvalue weighted by atomic mass is 10.3. The van der Waals surface area contributed by atoms with Gasteiger partial charge in [-0.05, 0) is 12.1 Å². The van der Waals surface area contributed by atoms with Gasteiger partial charge in [-0.1, -0.05) is 12.1 Å². The molecule has 1 N–H and O–H groups in total. The van der Waals surface area contributed by atoms with E-state index in [0.717, 1.165) is 5.52 Å². The van der Waals surface area contributed by atoms with Gasteiger partial charge in [-0.2, -0.15) is 0 Å². The van der Waals surface area contributed by atoms with Crippen molar-refractivity contribution >= 4 is 21.6 Å². The van der Waals surface area contributed by atoms with E-state index in [2.05, 4.69) is 11.1 Å². The molecule has 13 heavy (non-hydrogen) atoms. The molecule has 5 nitrogen and oxygen atoms in total. The van der Waals surface area contributed by atoms with Gasteiger partial charge in [-0.15, -0.1) is 21.5 Å². The van der Waals surface area contributed by atoms with E-state index in [1.165, 1.54) is 4.70 Å². The fourth-order valence-corrected chi connectivity index (χ4v) is 1.48. The van der Waals surface area contributed by atoms with Gasteiger partial charge < -0.3 is 5.21 Å². The first-order chi connectivity index (χ1) is 6.20. The fourth-order valence-electron chi connectivity index (χ4n) is 0.803. The van der Waals surface area contributed by atoms with E-state index in [4.69, 9.17) is 15.3 Å². The lowest BCUT2D eigenvalue weighted by Gasteiger charge is -1.80. The van der Waals surface area contributed by atoms with E-state index < -0.39 is 5.09 Å². The first-order valence-electron chi connectivity index (χ1n) is 3.31. The summed E-state index contributed by atoms with van der Waals surface area (Å²) < 4.78 is 1.26. The number of fused-ring (bicyclic) bond motifs is 1. The summed E-state index contributed by atoms with van der Waals surface area (Å²) in [6.07, 6.45) is 0. The summed E-state index contributed by atoms with van der Waals surface area (Å²) >= 11 is 1.68. The minimum atomic E-state index is -1.50. The molecule has 1 aromatic carbocycles. The second-order valence-corrected chi connectivity index (χ2v) is 2.94. The summed E-state index contributed by atoms with van der Waals surface area (Å²) in [5.74, 6) is 0. The quantitative estimate of drug-likeness (QED) is 0.518. The number of hydrogen-bond donors (Lipinski definition) is 1. The third-order valence-electron chi connectivity index (χ3n) is 1.24. The zero-order valence-electron chi connectivity index (χ0n) is 6.45. The Morgan fingerprint density at radius 2 is 2.08 bits per heavy atom. The highest BCUT2D eigenvalue weighted by atomic mass is 32.1. The maximum Gasteiger partial charge on any atom is 0.291 e. The summed E-state index contributed by atoms with van der Waals surface area (Å²) in [6, 6.07) is 8.13. The van der Waals surface area contributed by atoms with E-state index in [1.807, 2.05) is 23.7 Å².